The Labute approximate surface area is 160 Å². The molecule has 0 saturated carbocycles. The summed E-state index contributed by atoms with van der Waals surface area (Å²) in [6.45, 7) is 1.40. The SMILES string of the molecule is CC(OC(=O)c1ccc(Cl)cc1F)c1nc(-c2cccc(C(F)(F)F)c2)no1. The molecule has 0 fully saturated rings. The summed E-state index contributed by atoms with van der Waals surface area (Å²) in [5, 5.41) is 3.72. The van der Waals surface area contributed by atoms with Crippen molar-refractivity contribution >= 4 is 17.6 Å². The van der Waals surface area contributed by atoms with E-state index in [-0.39, 0.29) is 27.9 Å². The van der Waals surface area contributed by atoms with Crippen molar-refractivity contribution in [3.63, 3.8) is 0 Å². The van der Waals surface area contributed by atoms with Gasteiger partial charge in [0.1, 0.15) is 5.82 Å². The molecule has 10 heteroatoms. The van der Waals surface area contributed by atoms with Crippen LogP contribution in [0.15, 0.2) is 47.0 Å². The summed E-state index contributed by atoms with van der Waals surface area (Å²) in [5.41, 5.74) is -1.13. The molecule has 0 aliphatic carbocycles. The normalized spacial score (nSPS) is 12.6. The van der Waals surface area contributed by atoms with Gasteiger partial charge in [-0.15, -0.1) is 0 Å². The molecule has 28 heavy (non-hydrogen) atoms. The molecular formula is C18H11ClF4N2O3. The number of aromatic nitrogens is 2. The van der Waals surface area contributed by atoms with Crippen LogP contribution in [-0.2, 0) is 10.9 Å². The van der Waals surface area contributed by atoms with Gasteiger partial charge in [-0.25, -0.2) is 9.18 Å². The number of rotatable bonds is 4. The van der Waals surface area contributed by atoms with Crippen molar-refractivity contribution in [3.05, 3.63) is 70.3 Å². The largest absolute Gasteiger partial charge is 0.449 e. The van der Waals surface area contributed by atoms with E-state index < -0.39 is 29.6 Å². The maximum atomic E-state index is 13.8. The molecule has 0 saturated heterocycles. The van der Waals surface area contributed by atoms with Gasteiger partial charge in [-0.3, -0.25) is 0 Å². The topological polar surface area (TPSA) is 65.2 Å². The molecule has 1 heterocycles. The molecule has 0 aliphatic rings. The van der Waals surface area contributed by atoms with Crippen LogP contribution < -0.4 is 0 Å². The van der Waals surface area contributed by atoms with Crippen molar-refractivity contribution < 1.29 is 31.6 Å². The van der Waals surface area contributed by atoms with E-state index in [0.29, 0.717) is 0 Å². The number of ether oxygens (including phenoxy) is 1. The van der Waals surface area contributed by atoms with E-state index in [1.807, 2.05) is 0 Å². The minimum absolute atomic E-state index is 0.0760. The van der Waals surface area contributed by atoms with Gasteiger partial charge in [-0.2, -0.15) is 18.2 Å². The Kier molecular flexibility index (Phi) is 5.37. The third-order valence-electron chi connectivity index (χ3n) is 3.67. The van der Waals surface area contributed by atoms with E-state index in [2.05, 4.69) is 10.1 Å². The van der Waals surface area contributed by atoms with Crippen LogP contribution in [0.5, 0.6) is 0 Å². The first-order chi connectivity index (χ1) is 13.1. The molecule has 0 spiro atoms. The predicted molar refractivity (Wildman–Crippen MR) is 90.0 cm³/mol. The number of halogens is 5. The highest BCUT2D eigenvalue weighted by Gasteiger charge is 2.31. The van der Waals surface area contributed by atoms with Gasteiger partial charge in [0.2, 0.25) is 5.82 Å². The number of carbonyl (C=O) groups is 1. The zero-order valence-electron chi connectivity index (χ0n) is 14.1. The van der Waals surface area contributed by atoms with Crippen molar-refractivity contribution in [3.8, 4) is 11.4 Å². The third kappa shape index (κ3) is 4.30. The fourth-order valence-electron chi connectivity index (χ4n) is 2.28. The lowest BCUT2D eigenvalue weighted by Crippen LogP contribution is -2.11. The van der Waals surface area contributed by atoms with Gasteiger partial charge >= 0.3 is 12.1 Å². The Balaban J connectivity index is 1.77. The summed E-state index contributed by atoms with van der Waals surface area (Å²) in [6.07, 6.45) is -5.58. The molecule has 0 aliphatic heterocycles. The Morgan fingerprint density at radius 3 is 2.64 bits per heavy atom. The molecule has 0 bridgehead atoms. The second-order valence-corrected chi connectivity index (χ2v) is 6.14. The average Bonchev–Trinajstić information content (AvgIpc) is 3.11. The van der Waals surface area contributed by atoms with Crippen LogP contribution in [-0.4, -0.2) is 16.1 Å². The van der Waals surface area contributed by atoms with E-state index >= 15 is 0 Å². The van der Waals surface area contributed by atoms with Gasteiger partial charge in [0.25, 0.3) is 5.89 Å². The lowest BCUT2D eigenvalue weighted by atomic mass is 10.1. The van der Waals surface area contributed by atoms with Crippen LogP contribution in [0.3, 0.4) is 0 Å². The summed E-state index contributed by atoms with van der Waals surface area (Å²) in [7, 11) is 0. The summed E-state index contributed by atoms with van der Waals surface area (Å²) >= 11 is 5.63. The van der Waals surface area contributed by atoms with Crippen LogP contribution in [0.2, 0.25) is 5.02 Å². The van der Waals surface area contributed by atoms with E-state index in [1.165, 1.54) is 25.1 Å². The van der Waals surface area contributed by atoms with E-state index in [4.69, 9.17) is 20.9 Å². The van der Waals surface area contributed by atoms with Crippen LogP contribution in [0.1, 0.15) is 34.8 Å². The highest BCUT2D eigenvalue weighted by atomic mass is 35.5. The number of alkyl halides is 3. The summed E-state index contributed by atoms with van der Waals surface area (Å²) in [5.74, 6) is -2.11. The zero-order valence-corrected chi connectivity index (χ0v) is 14.9. The second kappa shape index (κ2) is 7.59. The molecule has 5 nitrogen and oxygen atoms in total. The van der Waals surface area contributed by atoms with Gasteiger partial charge < -0.3 is 9.26 Å². The Bertz CT molecular complexity index is 1020. The number of hydrogen-bond donors (Lipinski definition) is 0. The first-order valence-electron chi connectivity index (χ1n) is 7.82. The fourth-order valence-corrected chi connectivity index (χ4v) is 2.44. The van der Waals surface area contributed by atoms with E-state index in [0.717, 1.165) is 24.3 Å². The molecule has 0 radical (unpaired) electrons. The second-order valence-electron chi connectivity index (χ2n) is 5.71. The van der Waals surface area contributed by atoms with Crippen LogP contribution in [0.25, 0.3) is 11.4 Å². The third-order valence-corrected chi connectivity index (χ3v) is 3.91. The number of hydrogen-bond acceptors (Lipinski definition) is 5. The molecule has 3 aromatic rings. The quantitative estimate of drug-likeness (QED) is 0.418. The molecular weight excluding hydrogens is 404 g/mol. The Hall–Kier alpha value is -2.94. The summed E-state index contributed by atoms with van der Waals surface area (Å²) in [4.78, 5) is 16.0. The highest BCUT2D eigenvalue weighted by Crippen LogP contribution is 2.32. The molecule has 1 atom stereocenters. The summed E-state index contributed by atoms with van der Waals surface area (Å²) in [6, 6.07) is 7.81. The van der Waals surface area contributed by atoms with Gasteiger partial charge in [-0.05, 0) is 37.3 Å². The predicted octanol–water partition coefficient (Wildman–Crippen LogP) is 5.47. The highest BCUT2D eigenvalue weighted by molar-refractivity contribution is 6.30. The minimum atomic E-state index is -4.52. The number of benzene rings is 2. The van der Waals surface area contributed by atoms with Crippen LogP contribution in [0, 0.1) is 5.82 Å². The van der Waals surface area contributed by atoms with Gasteiger partial charge in [0.15, 0.2) is 6.10 Å². The van der Waals surface area contributed by atoms with Gasteiger partial charge in [0.05, 0.1) is 11.1 Å². The molecule has 1 unspecified atom stereocenters. The minimum Gasteiger partial charge on any atom is -0.449 e. The van der Waals surface area contributed by atoms with Gasteiger partial charge in [0, 0.05) is 10.6 Å². The molecule has 0 amide bonds. The average molecular weight is 415 g/mol. The Morgan fingerprint density at radius 1 is 1.21 bits per heavy atom. The monoisotopic (exact) mass is 414 g/mol. The van der Waals surface area contributed by atoms with Crippen LogP contribution in [0.4, 0.5) is 17.6 Å². The van der Waals surface area contributed by atoms with Crippen LogP contribution >= 0.6 is 11.6 Å². The number of esters is 1. The molecule has 0 N–H and O–H groups in total. The van der Waals surface area contributed by atoms with Crippen molar-refractivity contribution in [1.29, 1.82) is 0 Å². The number of nitrogens with zero attached hydrogens (tertiary/aromatic N) is 2. The zero-order chi connectivity index (χ0) is 20.5. The number of carbonyl (C=O) groups excluding carboxylic acids is 1. The van der Waals surface area contributed by atoms with Crippen molar-refractivity contribution in [2.24, 2.45) is 0 Å². The Morgan fingerprint density at radius 2 is 1.96 bits per heavy atom. The maximum absolute atomic E-state index is 13.8. The lowest BCUT2D eigenvalue weighted by Gasteiger charge is -2.09. The van der Waals surface area contributed by atoms with Crippen molar-refractivity contribution in [2.75, 3.05) is 0 Å². The molecule has 1 aromatic heterocycles. The van der Waals surface area contributed by atoms with Gasteiger partial charge in [-0.1, -0.05) is 28.9 Å². The smallest absolute Gasteiger partial charge is 0.416 e. The maximum Gasteiger partial charge on any atom is 0.416 e. The first-order valence-corrected chi connectivity index (χ1v) is 8.20. The fraction of sp³-hybridized carbons (Fsp3) is 0.167. The van der Waals surface area contributed by atoms with Crippen molar-refractivity contribution in [2.45, 2.75) is 19.2 Å². The van der Waals surface area contributed by atoms with Crippen molar-refractivity contribution in [1.82, 2.24) is 10.1 Å². The molecule has 2 aromatic carbocycles. The lowest BCUT2D eigenvalue weighted by molar-refractivity contribution is -0.137. The van der Waals surface area contributed by atoms with E-state index in [1.54, 1.807) is 0 Å². The van der Waals surface area contributed by atoms with E-state index in [9.17, 15) is 22.4 Å². The summed E-state index contributed by atoms with van der Waals surface area (Å²) < 4.78 is 62.3. The molecule has 3 rings (SSSR count). The molecule has 146 valence electrons. The standard InChI is InChI=1S/C18H11ClF4N2O3/c1-9(27-17(26)13-6-5-12(19)8-14(13)20)16-24-15(25-28-16)10-3-2-4-11(7-10)18(21,22)23/h2-9H,1H3. The first kappa shape index (κ1) is 19.8.